The molecule has 1 aliphatic heterocycles. The summed E-state index contributed by atoms with van der Waals surface area (Å²) in [5, 5.41) is 29.7. The lowest BCUT2D eigenvalue weighted by atomic mass is 9.91. The first-order chi connectivity index (χ1) is 20.9. The summed E-state index contributed by atoms with van der Waals surface area (Å²) in [7, 11) is 4.90. The smallest absolute Gasteiger partial charge is 0.288 e. The van der Waals surface area contributed by atoms with Crippen LogP contribution >= 0.6 is 0 Å². The number of aliphatic hydroxyl groups excluding tert-OH is 2. The van der Waals surface area contributed by atoms with Gasteiger partial charge in [-0.3, -0.25) is 14.4 Å². The van der Waals surface area contributed by atoms with Crippen LogP contribution in [0.5, 0.6) is 0 Å². The molecule has 1 unspecified atom stereocenters. The van der Waals surface area contributed by atoms with Gasteiger partial charge in [0.15, 0.2) is 23.2 Å². The second-order valence-electron chi connectivity index (χ2n) is 10.2. The van der Waals surface area contributed by atoms with Gasteiger partial charge in [0.05, 0.1) is 6.33 Å². The van der Waals surface area contributed by atoms with Crippen LogP contribution in [0.15, 0.2) is 72.0 Å². The summed E-state index contributed by atoms with van der Waals surface area (Å²) < 4.78 is 7.64. The number of aromatic nitrogens is 4. The number of hydrogen-bond donors (Lipinski definition) is 5. The molecule has 2 aromatic heterocycles. The number of amides is 1. The highest BCUT2D eigenvalue weighted by atomic mass is 16.6. The summed E-state index contributed by atoms with van der Waals surface area (Å²) >= 11 is 0. The lowest BCUT2D eigenvalue weighted by Gasteiger charge is -2.23. The molecule has 226 valence electrons. The molecule has 43 heavy (non-hydrogen) atoms. The van der Waals surface area contributed by atoms with Crippen LogP contribution in [0.3, 0.4) is 0 Å². The van der Waals surface area contributed by atoms with Gasteiger partial charge in [0.25, 0.3) is 5.91 Å². The Kier molecular flexibility index (Phi) is 9.26. The first kappa shape index (κ1) is 30.0. The number of aliphatic hydroxyl groups is 2. The monoisotopic (exact) mass is 587 g/mol. The van der Waals surface area contributed by atoms with E-state index >= 15 is 0 Å². The van der Waals surface area contributed by atoms with Crippen molar-refractivity contribution in [3.8, 4) is 0 Å². The predicted octanol–water partition coefficient (Wildman–Crippen LogP) is 1.53. The highest BCUT2D eigenvalue weighted by Gasteiger charge is 2.47. The van der Waals surface area contributed by atoms with E-state index in [2.05, 4.69) is 60.3 Å². The Bertz CT molecular complexity index is 1520. The number of nitrogens with one attached hydrogen (secondary N) is 3. The Hall–Kier alpha value is -4.43. The first-order valence-electron chi connectivity index (χ1n) is 14.1. The van der Waals surface area contributed by atoms with E-state index in [0.717, 1.165) is 11.1 Å². The number of aliphatic imine (C=N–C) groups is 1. The summed E-state index contributed by atoms with van der Waals surface area (Å²) in [5.41, 5.74) is 5.95. The minimum absolute atomic E-state index is 0.0191. The molecule has 0 radical (unpaired) electrons. The standard InChI is InChI=1S/C30H37N9O4/c1-5-38(4)37-26(31-2)24-22(40)23(41)30(43-24)39-17-34-21-25(35-27(29(42)32-3)36-28(21)39)33-16-20(18-12-8-6-9-13-18)19-14-10-7-11-15-19/h6-15,17,20,22-24,30,40-41H,5,16H2,1-4H3,(H,31,37)(H,32,42)(H,33,35,36)/t22-,23?,24+,30-/m1/s1. The molecular formula is C30H37N9O4. The van der Waals surface area contributed by atoms with E-state index in [-0.39, 0.29) is 17.4 Å². The van der Waals surface area contributed by atoms with E-state index in [4.69, 9.17) is 4.74 Å². The fraction of sp³-hybridized carbons (Fsp3) is 0.367. The molecule has 0 aliphatic carbocycles. The number of carbonyl (C=O) groups excluding carboxylic acids is 1. The number of rotatable bonds is 10. The Morgan fingerprint density at radius 1 is 1.07 bits per heavy atom. The quantitative estimate of drug-likeness (QED) is 0.105. The zero-order chi connectivity index (χ0) is 30.5. The van der Waals surface area contributed by atoms with Crippen molar-refractivity contribution in [2.24, 2.45) is 4.99 Å². The van der Waals surface area contributed by atoms with E-state index in [0.29, 0.717) is 30.3 Å². The zero-order valence-electron chi connectivity index (χ0n) is 24.5. The highest BCUT2D eigenvalue weighted by molar-refractivity contribution is 5.94. The maximum absolute atomic E-state index is 12.7. The lowest BCUT2D eigenvalue weighted by molar-refractivity contribution is -0.0226. The molecule has 5 rings (SSSR count). The molecule has 3 heterocycles. The van der Waals surface area contributed by atoms with Gasteiger partial charge in [-0.05, 0) is 11.1 Å². The average molecular weight is 588 g/mol. The normalized spacial score (nSPS) is 20.6. The molecule has 1 saturated heterocycles. The SMILES string of the molecule is CCN(C)NC(=NC)[C@H]1O[C@@H](n2cnc3c(NCC(c4ccccc4)c4ccccc4)nc(C(=O)NC)nc32)C(O)[C@H]1O. The number of benzene rings is 2. The number of anilines is 1. The fourth-order valence-corrected chi connectivity index (χ4v) is 5.07. The minimum Gasteiger partial charge on any atom is -0.387 e. The van der Waals surface area contributed by atoms with Crippen LogP contribution in [-0.2, 0) is 4.74 Å². The summed E-state index contributed by atoms with van der Waals surface area (Å²) in [5.74, 6) is 0.124. The van der Waals surface area contributed by atoms with E-state index in [1.54, 1.807) is 12.1 Å². The summed E-state index contributed by atoms with van der Waals surface area (Å²) in [6, 6.07) is 20.2. The highest BCUT2D eigenvalue weighted by Crippen LogP contribution is 2.33. The maximum atomic E-state index is 12.7. The van der Waals surface area contributed by atoms with Gasteiger partial charge in [-0.15, -0.1) is 0 Å². The molecule has 4 aromatic rings. The number of hydrazine groups is 1. The third-order valence-corrected chi connectivity index (χ3v) is 7.53. The predicted molar refractivity (Wildman–Crippen MR) is 163 cm³/mol. The van der Waals surface area contributed by atoms with Crippen LogP contribution < -0.4 is 16.1 Å². The molecule has 13 heteroatoms. The number of imidazole rings is 1. The molecule has 4 atom stereocenters. The molecule has 5 N–H and O–H groups in total. The Labute approximate surface area is 249 Å². The van der Waals surface area contributed by atoms with Crippen molar-refractivity contribution in [2.45, 2.75) is 37.4 Å². The molecule has 0 saturated carbocycles. The van der Waals surface area contributed by atoms with Crippen molar-refractivity contribution < 1.29 is 19.7 Å². The van der Waals surface area contributed by atoms with Crippen LogP contribution in [-0.4, -0.2) is 99.0 Å². The summed E-state index contributed by atoms with van der Waals surface area (Å²) in [4.78, 5) is 30.5. The Balaban J connectivity index is 1.50. The third kappa shape index (κ3) is 6.20. The van der Waals surface area contributed by atoms with Gasteiger partial charge in [0.2, 0.25) is 5.82 Å². The molecule has 0 spiro atoms. The van der Waals surface area contributed by atoms with Crippen LogP contribution in [0.25, 0.3) is 11.2 Å². The van der Waals surface area contributed by atoms with Crippen molar-refractivity contribution in [3.05, 3.63) is 83.9 Å². The van der Waals surface area contributed by atoms with Crippen LogP contribution in [0.4, 0.5) is 5.82 Å². The lowest BCUT2D eigenvalue weighted by Crippen LogP contribution is -2.48. The number of carbonyl (C=O) groups is 1. The van der Waals surface area contributed by atoms with E-state index in [1.165, 1.54) is 17.9 Å². The maximum Gasteiger partial charge on any atom is 0.288 e. The first-order valence-corrected chi connectivity index (χ1v) is 14.1. The average Bonchev–Trinajstić information content (AvgIpc) is 3.60. The van der Waals surface area contributed by atoms with Gasteiger partial charge < -0.3 is 31.0 Å². The molecule has 13 nitrogen and oxygen atoms in total. The molecule has 0 bridgehead atoms. The number of fused-ring (bicyclic) bond motifs is 1. The number of amidine groups is 1. The van der Waals surface area contributed by atoms with Crippen molar-refractivity contribution in [2.75, 3.05) is 39.5 Å². The molecule has 1 amide bonds. The van der Waals surface area contributed by atoms with E-state index < -0.39 is 30.4 Å². The largest absolute Gasteiger partial charge is 0.387 e. The van der Waals surface area contributed by atoms with Gasteiger partial charge >= 0.3 is 0 Å². The second kappa shape index (κ2) is 13.3. The van der Waals surface area contributed by atoms with Gasteiger partial charge in [0, 0.05) is 40.2 Å². The van der Waals surface area contributed by atoms with Crippen LogP contribution in [0.2, 0.25) is 0 Å². The van der Waals surface area contributed by atoms with Gasteiger partial charge in [-0.25, -0.2) is 20.0 Å². The van der Waals surface area contributed by atoms with Gasteiger partial charge in [-0.1, -0.05) is 67.6 Å². The van der Waals surface area contributed by atoms with E-state index in [1.807, 2.05) is 50.4 Å². The fourth-order valence-electron chi connectivity index (χ4n) is 5.07. The Morgan fingerprint density at radius 2 is 1.72 bits per heavy atom. The number of ether oxygens (including phenoxy) is 1. The molecular weight excluding hydrogens is 550 g/mol. The Morgan fingerprint density at radius 3 is 2.30 bits per heavy atom. The minimum atomic E-state index is -1.33. The summed E-state index contributed by atoms with van der Waals surface area (Å²) in [6.07, 6.45) is -3.15. The topological polar surface area (TPSA) is 162 Å². The van der Waals surface area contributed by atoms with E-state index in [9.17, 15) is 15.0 Å². The number of nitrogens with zero attached hydrogens (tertiary/aromatic N) is 6. The van der Waals surface area contributed by atoms with Crippen molar-refractivity contribution in [3.63, 3.8) is 0 Å². The zero-order valence-corrected chi connectivity index (χ0v) is 24.5. The molecule has 2 aromatic carbocycles. The van der Waals surface area contributed by atoms with Crippen molar-refractivity contribution in [1.29, 1.82) is 0 Å². The molecule has 1 aliphatic rings. The van der Waals surface area contributed by atoms with Gasteiger partial charge in [-0.2, -0.15) is 0 Å². The third-order valence-electron chi connectivity index (χ3n) is 7.53. The molecule has 1 fully saturated rings. The van der Waals surface area contributed by atoms with Crippen LogP contribution in [0, 0.1) is 0 Å². The van der Waals surface area contributed by atoms with Gasteiger partial charge in [0.1, 0.15) is 24.1 Å². The van der Waals surface area contributed by atoms with Crippen molar-refractivity contribution in [1.82, 2.24) is 35.3 Å². The number of hydrogen-bond acceptors (Lipinski definition) is 10. The summed E-state index contributed by atoms with van der Waals surface area (Å²) in [6.45, 7) is 3.08. The van der Waals surface area contributed by atoms with Crippen molar-refractivity contribution >= 4 is 28.7 Å². The second-order valence-corrected chi connectivity index (χ2v) is 10.2. The van der Waals surface area contributed by atoms with Crippen LogP contribution in [0.1, 0.15) is 40.8 Å².